The van der Waals surface area contributed by atoms with Crippen LogP contribution in [0.5, 0.6) is 0 Å². The third kappa shape index (κ3) is 5.02. The van der Waals surface area contributed by atoms with Crippen LogP contribution in [0.3, 0.4) is 0 Å². The Morgan fingerprint density at radius 1 is 0.700 bits per heavy atom. The summed E-state index contributed by atoms with van der Waals surface area (Å²) in [6, 6.07) is 34.3. The molecule has 40 heavy (non-hydrogen) atoms. The molecule has 0 atom stereocenters. The maximum atomic E-state index is 10.6. The first kappa shape index (κ1) is 26.3. The van der Waals surface area contributed by atoms with Crippen molar-refractivity contribution in [2.24, 2.45) is 0 Å². The van der Waals surface area contributed by atoms with E-state index >= 15 is 0 Å². The second-order valence-electron chi connectivity index (χ2n) is 10.9. The topological polar surface area (TPSA) is 68.4 Å². The van der Waals surface area contributed by atoms with Crippen molar-refractivity contribution in [3.05, 3.63) is 103 Å². The third-order valence-corrected chi connectivity index (χ3v) is 8.30. The van der Waals surface area contributed by atoms with Crippen LogP contribution in [0.2, 0.25) is 0 Å². The molecule has 4 aromatic carbocycles. The highest BCUT2D eigenvalue weighted by atomic mass is 32.2. The number of aromatic nitrogens is 2. The van der Waals surface area contributed by atoms with Gasteiger partial charge in [-0.1, -0.05) is 78.9 Å². The lowest BCUT2D eigenvalue weighted by molar-refractivity contribution is -0.0813. The van der Waals surface area contributed by atoms with E-state index in [9.17, 15) is 5.11 Å². The lowest BCUT2D eigenvalue weighted by Crippen LogP contribution is -2.45. The molecule has 0 spiro atoms. The number of hydrogen-bond donors (Lipinski definition) is 1. The SMILES string of the molecule is CC(C)(O)C(C)(C)OSc1cc(-c2cc(-c3ccccc3)nc(-c3ccccc3)n2)c2c(c1)oc1ccccc12. The van der Waals surface area contributed by atoms with Gasteiger partial charge in [0.1, 0.15) is 16.8 Å². The van der Waals surface area contributed by atoms with E-state index in [1.807, 2.05) is 92.7 Å². The van der Waals surface area contributed by atoms with Crippen molar-refractivity contribution >= 4 is 34.0 Å². The molecular weight excluding hydrogens is 516 g/mol. The minimum atomic E-state index is -1.03. The molecule has 0 saturated heterocycles. The van der Waals surface area contributed by atoms with Gasteiger partial charge in [-0.25, -0.2) is 9.97 Å². The molecule has 0 amide bonds. The number of rotatable bonds is 7. The van der Waals surface area contributed by atoms with E-state index in [-0.39, 0.29) is 0 Å². The van der Waals surface area contributed by atoms with E-state index < -0.39 is 11.2 Å². The fourth-order valence-electron chi connectivity index (χ4n) is 4.39. The monoisotopic (exact) mass is 546 g/mol. The van der Waals surface area contributed by atoms with Crippen molar-refractivity contribution in [1.82, 2.24) is 9.97 Å². The van der Waals surface area contributed by atoms with Gasteiger partial charge in [-0.2, -0.15) is 0 Å². The molecule has 0 radical (unpaired) electrons. The summed E-state index contributed by atoms with van der Waals surface area (Å²) in [7, 11) is 0. The van der Waals surface area contributed by atoms with Gasteiger partial charge < -0.3 is 13.7 Å². The highest BCUT2D eigenvalue weighted by molar-refractivity contribution is 7.94. The largest absolute Gasteiger partial charge is 0.456 e. The van der Waals surface area contributed by atoms with Gasteiger partial charge in [0, 0.05) is 44.4 Å². The maximum Gasteiger partial charge on any atom is 0.160 e. The lowest BCUT2D eigenvalue weighted by Gasteiger charge is -2.35. The molecule has 0 aliphatic rings. The standard InChI is InChI=1S/C34H30N2O3S/c1-33(2,37)34(3,4)39-40-24-19-26(31-25-17-11-12-18-29(25)38-30(31)20-24)28-21-27(22-13-7-5-8-14-22)35-32(36-28)23-15-9-6-10-16-23/h5-21,37H,1-4H3. The second kappa shape index (κ2) is 10.2. The lowest BCUT2D eigenvalue weighted by atomic mass is 9.90. The Bertz CT molecular complexity index is 1750. The van der Waals surface area contributed by atoms with Gasteiger partial charge >= 0.3 is 0 Å². The molecule has 2 aromatic heterocycles. The minimum Gasteiger partial charge on any atom is -0.456 e. The number of para-hydroxylation sites is 1. The molecule has 2 heterocycles. The van der Waals surface area contributed by atoms with Crippen molar-refractivity contribution in [3.63, 3.8) is 0 Å². The normalized spacial score (nSPS) is 12.3. The molecule has 200 valence electrons. The Kier molecular flexibility index (Phi) is 6.70. The predicted octanol–water partition coefficient (Wildman–Crippen LogP) is 8.95. The van der Waals surface area contributed by atoms with E-state index in [1.54, 1.807) is 13.8 Å². The number of hydrogen-bond acceptors (Lipinski definition) is 6. The highest BCUT2D eigenvalue weighted by Gasteiger charge is 2.37. The first-order valence-electron chi connectivity index (χ1n) is 13.2. The van der Waals surface area contributed by atoms with Crippen LogP contribution in [-0.2, 0) is 4.18 Å². The summed E-state index contributed by atoms with van der Waals surface area (Å²) in [5.41, 5.74) is 4.21. The van der Waals surface area contributed by atoms with E-state index in [2.05, 4.69) is 24.3 Å². The predicted molar refractivity (Wildman–Crippen MR) is 163 cm³/mol. The van der Waals surface area contributed by atoms with Crippen LogP contribution in [-0.4, -0.2) is 26.3 Å². The van der Waals surface area contributed by atoms with E-state index in [0.29, 0.717) is 5.82 Å². The van der Waals surface area contributed by atoms with Crippen LogP contribution < -0.4 is 0 Å². The molecule has 0 aliphatic heterocycles. The average molecular weight is 547 g/mol. The van der Waals surface area contributed by atoms with Crippen LogP contribution >= 0.6 is 12.0 Å². The molecule has 0 unspecified atom stereocenters. The van der Waals surface area contributed by atoms with Crippen LogP contribution in [0.25, 0.3) is 55.8 Å². The van der Waals surface area contributed by atoms with Crippen LogP contribution in [0.1, 0.15) is 27.7 Å². The third-order valence-electron chi connectivity index (χ3n) is 7.38. The van der Waals surface area contributed by atoms with Crippen LogP contribution in [0, 0.1) is 0 Å². The van der Waals surface area contributed by atoms with Gasteiger partial charge in [0.05, 0.1) is 17.0 Å². The van der Waals surface area contributed by atoms with Crippen molar-refractivity contribution in [3.8, 4) is 33.9 Å². The van der Waals surface area contributed by atoms with Crippen molar-refractivity contribution in [1.29, 1.82) is 0 Å². The molecule has 0 aliphatic carbocycles. The number of furan rings is 1. The van der Waals surface area contributed by atoms with E-state index in [1.165, 1.54) is 12.0 Å². The molecule has 1 N–H and O–H groups in total. The molecule has 0 bridgehead atoms. The zero-order valence-corrected chi connectivity index (χ0v) is 23.7. The molecule has 0 fully saturated rings. The number of aliphatic hydroxyl groups is 1. The summed E-state index contributed by atoms with van der Waals surface area (Å²) in [5.74, 6) is 0.648. The summed E-state index contributed by atoms with van der Waals surface area (Å²) in [4.78, 5) is 10.9. The Morgan fingerprint density at radius 3 is 2.02 bits per heavy atom. The molecular formula is C34H30N2O3S. The summed E-state index contributed by atoms with van der Waals surface area (Å²) >= 11 is 1.23. The van der Waals surface area contributed by atoms with Crippen LogP contribution in [0.15, 0.2) is 112 Å². The highest BCUT2D eigenvalue weighted by Crippen LogP contribution is 2.42. The first-order chi connectivity index (χ1) is 19.2. The Labute approximate surface area is 238 Å². The number of fused-ring (bicyclic) bond motifs is 3. The quantitative estimate of drug-likeness (QED) is 0.202. The average Bonchev–Trinajstić information content (AvgIpc) is 3.34. The van der Waals surface area contributed by atoms with Gasteiger partial charge in [-0.3, -0.25) is 0 Å². The van der Waals surface area contributed by atoms with Crippen LogP contribution in [0.4, 0.5) is 0 Å². The Morgan fingerprint density at radius 2 is 1.32 bits per heavy atom. The molecule has 6 aromatic rings. The summed E-state index contributed by atoms with van der Waals surface area (Å²) in [5, 5.41) is 12.6. The number of benzene rings is 4. The van der Waals surface area contributed by atoms with Crippen molar-refractivity contribution < 1.29 is 13.7 Å². The molecule has 0 saturated carbocycles. The summed E-state index contributed by atoms with van der Waals surface area (Å²) < 4.78 is 12.5. The molecule has 6 heteroatoms. The fraction of sp³-hybridized carbons (Fsp3) is 0.176. The summed E-state index contributed by atoms with van der Waals surface area (Å²) in [6.07, 6.45) is 0. The van der Waals surface area contributed by atoms with Gasteiger partial charge in [-0.05, 0) is 52.0 Å². The zero-order valence-electron chi connectivity index (χ0n) is 22.9. The van der Waals surface area contributed by atoms with Crippen molar-refractivity contribution in [2.45, 2.75) is 43.8 Å². The smallest absolute Gasteiger partial charge is 0.160 e. The molecule has 5 nitrogen and oxygen atoms in total. The maximum absolute atomic E-state index is 10.6. The van der Waals surface area contributed by atoms with E-state index in [4.69, 9.17) is 18.6 Å². The first-order valence-corrected chi connectivity index (χ1v) is 14.0. The van der Waals surface area contributed by atoms with Gasteiger partial charge in [0.15, 0.2) is 5.82 Å². The Hall–Kier alpha value is -3.97. The zero-order chi connectivity index (χ0) is 27.9. The van der Waals surface area contributed by atoms with Crippen molar-refractivity contribution in [2.75, 3.05) is 0 Å². The second-order valence-corrected chi connectivity index (χ2v) is 11.7. The van der Waals surface area contributed by atoms with E-state index in [0.717, 1.165) is 54.9 Å². The van der Waals surface area contributed by atoms with Gasteiger partial charge in [0.25, 0.3) is 0 Å². The molecule has 6 rings (SSSR count). The van der Waals surface area contributed by atoms with Gasteiger partial charge in [0.2, 0.25) is 0 Å². The minimum absolute atomic E-state index is 0.648. The Balaban J connectivity index is 1.58. The van der Waals surface area contributed by atoms with Gasteiger partial charge in [-0.15, -0.1) is 0 Å². The number of nitrogens with zero attached hydrogens (tertiary/aromatic N) is 2. The fourth-order valence-corrected chi connectivity index (χ4v) is 5.22. The summed E-state index contributed by atoms with van der Waals surface area (Å²) in [6.45, 7) is 7.25.